The van der Waals surface area contributed by atoms with Crippen molar-refractivity contribution in [2.45, 2.75) is 25.3 Å². The molecule has 0 unspecified atom stereocenters. The highest BCUT2D eigenvalue weighted by Gasteiger charge is 2.44. The number of para-hydroxylation sites is 1. The summed E-state index contributed by atoms with van der Waals surface area (Å²) >= 11 is 6.17. The second-order valence-corrected chi connectivity index (χ2v) is 8.18. The number of rotatable bonds is 5. The van der Waals surface area contributed by atoms with E-state index in [4.69, 9.17) is 16.3 Å². The van der Waals surface area contributed by atoms with Crippen LogP contribution in [0.15, 0.2) is 48.5 Å². The van der Waals surface area contributed by atoms with Crippen LogP contribution in [-0.4, -0.2) is 48.9 Å². The molecule has 31 heavy (non-hydrogen) atoms. The summed E-state index contributed by atoms with van der Waals surface area (Å²) in [5, 5.41) is 3.29. The van der Waals surface area contributed by atoms with Crippen LogP contribution in [0.4, 0.5) is 11.4 Å². The molecule has 0 aromatic heterocycles. The number of benzene rings is 2. The van der Waals surface area contributed by atoms with Crippen molar-refractivity contribution in [2.24, 2.45) is 5.92 Å². The Morgan fingerprint density at radius 1 is 1.10 bits per heavy atom. The van der Waals surface area contributed by atoms with Crippen molar-refractivity contribution < 1.29 is 19.1 Å². The molecule has 8 heteroatoms. The van der Waals surface area contributed by atoms with Crippen LogP contribution in [0.2, 0.25) is 5.02 Å². The number of carbonyl (C=O) groups is 3. The Bertz CT molecular complexity index is 990. The molecule has 0 radical (unpaired) electrons. The number of amides is 3. The number of anilines is 2. The molecule has 2 aromatic carbocycles. The van der Waals surface area contributed by atoms with Crippen molar-refractivity contribution in [1.29, 1.82) is 0 Å². The zero-order valence-corrected chi connectivity index (χ0v) is 18.0. The quantitative estimate of drug-likeness (QED) is 0.720. The van der Waals surface area contributed by atoms with Gasteiger partial charge in [0.25, 0.3) is 5.91 Å². The number of nitrogens with zero attached hydrogens (tertiary/aromatic N) is 2. The maximum absolute atomic E-state index is 13.0. The van der Waals surface area contributed by atoms with Crippen LogP contribution in [0, 0.1) is 5.92 Å². The molecular formula is C23H24ClN3O4. The number of ether oxygens (including phenoxy) is 1. The zero-order valence-electron chi connectivity index (χ0n) is 17.2. The maximum Gasteiger partial charge on any atom is 0.251 e. The molecule has 0 spiro atoms. The summed E-state index contributed by atoms with van der Waals surface area (Å²) < 4.78 is 5.14. The van der Waals surface area contributed by atoms with Gasteiger partial charge in [-0.15, -0.1) is 0 Å². The van der Waals surface area contributed by atoms with Gasteiger partial charge in [0.2, 0.25) is 11.8 Å². The van der Waals surface area contributed by atoms with Gasteiger partial charge in [-0.2, -0.15) is 0 Å². The summed E-state index contributed by atoms with van der Waals surface area (Å²) in [6.07, 6.45) is 1.42. The second-order valence-electron chi connectivity index (χ2n) is 7.77. The Balaban J connectivity index is 1.38. The molecule has 2 aliphatic heterocycles. The van der Waals surface area contributed by atoms with Gasteiger partial charge < -0.3 is 10.1 Å². The summed E-state index contributed by atoms with van der Waals surface area (Å²) in [5.74, 6) is -0.134. The van der Waals surface area contributed by atoms with Gasteiger partial charge in [-0.1, -0.05) is 29.8 Å². The number of likely N-dealkylation sites (tertiary alicyclic amines) is 1. The maximum atomic E-state index is 13.0. The van der Waals surface area contributed by atoms with Gasteiger partial charge in [-0.25, -0.2) is 4.90 Å². The number of piperidine rings is 1. The molecule has 162 valence electrons. The van der Waals surface area contributed by atoms with E-state index >= 15 is 0 Å². The molecule has 7 nitrogen and oxygen atoms in total. The van der Waals surface area contributed by atoms with Crippen LogP contribution >= 0.6 is 11.6 Å². The fourth-order valence-electron chi connectivity index (χ4n) is 4.21. The molecule has 2 saturated heterocycles. The monoisotopic (exact) mass is 441 g/mol. The van der Waals surface area contributed by atoms with Crippen molar-refractivity contribution in [2.75, 3.05) is 30.4 Å². The normalized spacial score (nSPS) is 20.2. The Morgan fingerprint density at radius 3 is 2.45 bits per heavy atom. The van der Waals surface area contributed by atoms with Crippen molar-refractivity contribution in [3.8, 4) is 5.75 Å². The third-order valence-electron chi connectivity index (χ3n) is 5.90. The predicted octanol–water partition coefficient (Wildman–Crippen LogP) is 3.33. The van der Waals surface area contributed by atoms with Gasteiger partial charge in [-0.05, 0) is 56.3 Å². The van der Waals surface area contributed by atoms with E-state index < -0.39 is 6.04 Å². The van der Waals surface area contributed by atoms with E-state index in [1.165, 1.54) is 12.0 Å². The van der Waals surface area contributed by atoms with Crippen molar-refractivity contribution in [3.63, 3.8) is 0 Å². The largest absolute Gasteiger partial charge is 0.495 e. The second kappa shape index (κ2) is 9.08. The number of nitrogens with one attached hydrogen (secondary N) is 1. The van der Waals surface area contributed by atoms with E-state index in [9.17, 15) is 14.4 Å². The summed E-state index contributed by atoms with van der Waals surface area (Å²) in [7, 11) is 1.51. The predicted molar refractivity (Wildman–Crippen MR) is 118 cm³/mol. The minimum atomic E-state index is -0.508. The van der Waals surface area contributed by atoms with E-state index in [2.05, 4.69) is 5.32 Å². The van der Waals surface area contributed by atoms with Gasteiger partial charge in [0, 0.05) is 11.6 Å². The molecule has 1 N–H and O–H groups in total. The molecular weight excluding hydrogens is 418 g/mol. The average molecular weight is 442 g/mol. The van der Waals surface area contributed by atoms with Crippen LogP contribution in [0.1, 0.15) is 19.3 Å². The topological polar surface area (TPSA) is 79.0 Å². The van der Waals surface area contributed by atoms with E-state index in [0.717, 1.165) is 5.69 Å². The Morgan fingerprint density at radius 2 is 1.81 bits per heavy atom. The standard InChI is InChI=1S/C23H24ClN3O4/c1-31-20-8-7-17(13-18(20)24)27-21(28)14-19(23(27)30)26-11-9-15(10-12-26)22(29)25-16-5-3-2-4-6-16/h2-8,13,15,19H,9-12,14H2,1H3,(H,25,29)/t19-/m0/s1. The molecule has 4 rings (SSSR count). The summed E-state index contributed by atoms with van der Waals surface area (Å²) in [6.45, 7) is 1.18. The molecule has 0 bridgehead atoms. The molecule has 2 aliphatic rings. The lowest BCUT2D eigenvalue weighted by Crippen LogP contribution is -2.47. The first-order chi connectivity index (χ1) is 15.0. The number of imide groups is 1. The number of hydrogen-bond acceptors (Lipinski definition) is 5. The lowest BCUT2D eigenvalue weighted by molar-refractivity contribution is -0.123. The molecule has 2 fully saturated rings. The number of carbonyl (C=O) groups excluding carboxylic acids is 3. The smallest absolute Gasteiger partial charge is 0.251 e. The van der Waals surface area contributed by atoms with Crippen LogP contribution in [-0.2, 0) is 14.4 Å². The fourth-order valence-corrected chi connectivity index (χ4v) is 4.46. The first-order valence-corrected chi connectivity index (χ1v) is 10.7. The summed E-state index contributed by atoms with van der Waals surface area (Å²) in [6, 6.07) is 13.7. The average Bonchev–Trinajstić information content (AvgIpc) is 3.08. The molecule has 3 amide bonds. The van der Waals surface area contributed by atoms with E-state index in [1.54, 1.807) is 18.2 Å². The van der Waals surface area contributed by atoms with Gasteiger partial charge in [0.15, 0.2) is 0 Å². The highest BCUT2D eigenvalue weighted by molar-refractivity contribution is 6.33. The van der Waals surface area contributed by atoms with E-state index in [0.29, 0.717) is 42.4 Å². The van der Waals surface area contributed by atoms with Gasteiger partial charge in [-0.3, -0.25) is 19.3 Å². The molecule has 2 aromatic rings. The van der Waals surface area contributed by atoms with Crippen LogP contribution in [0.3, 0.4) is 0 Å². The first kappa shape index (κ1) is 21.3. The third-order valence-corrected chi connectivity index (χ3v) is 6.19. The Kier molecular flexibility index (Phi) is 6.25. The summed E-state index contributed by atoms with van der Waals surface area (Å²) in [5.41, 5.74) is 1.22. The van der Waals surface area contributed by atoms with Gasteiger partial charge >= 0.3 is 0 Å². The van der Waals surface area contributed by atoms with Crippen LogP contribution in [0.5, 0.6) is 5.75 Å². The number of halogens is 1. The molecule has 1 atom stereocenters. The molecule has 2 heterocycles. The summed E-state index contributed by atoms with van der Waals surface area (Å²) in [4.78, 5) is 41.4. The Labute approximate surface area is 185 Å². The fraction of sp³-hybridized carbons (Fsp3) is 0.348. The highest BCUT2D eigenvalue weighted by Crippen LogP contribution is 2.33. The van der Waals surface area contributed by atoms with Crippen molar-refractivity contribution >= 4 is 40.7 Å². The molecule has 0 saturated carbocycles. The van der Waals surface area contributed by atoms with E-state index in [1.807, 2.05) is 35.2 Å². The Hall–Kier alpha value is -2.90. The minimum Gasteiger partial charge on any atom is -0.495 e. The van der Waals surface area contributed by atoms with Gasteiger partial charge in [0.1, 0.15) is 5.75 Å². The van der Waals surface area contributed by atoms with E-state index in [-0.39, 0.29) is 30.1 Å². The highest BCUT2D eigenvalue weighted by atomic mass is 35.5. The number of methoxy groups -OCH3 is 1. The van der Waals surface area contributed by atoms with Crippen LogP contribution < -0.4 is 15.0 Å². The van der Waals surface area contributed by atoms with Crippen molar-refractivity contribution in [3.05, 3.63) is 53.6 Å². The number of hydrogen-bond donors (Lipinski definition) is 1. The third kappa shape index (κ3) is 4.43. The molecule has 0 aliphatic carbocycles. The van der Waals surface area contributed by atoms with Gasteiger partial charge in [0.05, 0.1) is 30.3 Å². The lowest BCUT2D eigenvalue weighted by atomic mass is 9.94. The minimum absolute atomic E-state index is 0.00539. The van der Waals surface area contributed by atoms with Crippen LogP contribution in [0.25, 0.3) is 0 Å². The first-order valence-electron chi connectivity index (χ1n) is 10.3. The lowest BCUT2D eigenvalue weighted by Gasteiger charge is -2.34. The SMILES string of the molecule is COc1ccc(N2C(=O)C[C@H](N3CCC(C(=O)Nc4ccccc4)CC3)C2=O)cc1Cl. The van der Waals surface area contributed by atoms with Crippen molar-refractivity contribution in [1.82, 2.24) is 4.90 Å². The zero-order chi connectivity index (χ0) is 22.0.